The number of fused-ring (bicyclic) bond motifs is 1. The van der Waals surface area contributed by atoms with Crippen LogP contribution in [0.4, 0.5) is 0 Å². The molecule has 0 saturated heterocycles. The van der Waals surface area contributed by atoms with E-state index in [0.29, 0.717) is 10.3 Å². The van der Waals surface area contributed by atoms with Crippen molar-refractivity contribution < 1.29 is 0 Å². The maximum Gasteiger partial charge on any atom is 0.259 e. The van der Waals surface area contributed by atoms with E-state index in [-0.39, 0.29) is 5.56 Å². The highest BCUT2D eigenvalue weighted by Crippen LogP contribution is 2.29. The predicted molar refractivity (Wildman–Crippen MR) is 126 cm³/mol. The predicted octanol–water partition coefficient (Wildman–Crippen LogP) is 7.04. The summed E-state index contributed by atoms with van der Waals surface area (Å²) >= 11 is 5.01. The maximum absolute atomic E-state index is 12.4. The molecule has 1 unspecified atom stereocenters. The van der Waals surface area contributed by atoms with Crippen LogP contribution in [-0.4, -0.2) is 9.97 Å². The average Bonchev–Trinajstić information content (AvgIpc) is 2.70. The highest BCUT2D eigenvalue weighted by molar-refractivity contribution is 7.71. The minimum Gasteiger partial charge on any atom is -0.338 e. The number of aromatic nitrogens is 2. The Hall–Kier alpha value is -2.20. The van der Waals surface area contributed by atoms with Crippen molar-refractivity contribution in [2.24, 2.45) is 11.8 Å². The summed E-state index contributed by atoms with van der Waals surface area (Å²) < 4.78 is 0.347. The van der Waals surface area contributed by atoms with Crippen LogP contribution in [0.25, 0.3) is 21.9 Å². The zero-order valence-electron chi connectivity index (χ0n) is 17.8. The van der Waals surface area contributed by atoms with Crippen molar-refractivity contribution in [2.75, 3.05) is 0 Å². The fourth-order valence-corrected chi connectivity index (χ4v) is 4.30. The Morgan fingerprint density at radius 2 is 1.86 bits per heavy atom. The minimum atomic E-state index is -0.155. The summed E-state index contributed by atoms with van der Waals surface area (Å²) in [4.78, 5) is 18.0. The quantitative estimate of drug-likeness (QED) is 0.295. The van der Waals surface area contributed by atoms with Gasteiger partial charge in [0.1, 0.15) is 0 Å². The van der Waals surface area contributed by atoms with E-state index in [4.69, 9.17) is 12.2 Å². The highest BCUT2D eigenvalue weighted by atomic mass is 32.1. The standard InChI is InChI=1S/C25H32N2OS/c1-4-5-6-8-19(17(2)3)13-11-18-12-14-21-20(15-18)9-7-10-22(21)23-16-26-25(29)27-24(23)28/h7,9-10,12,14-17,19H,4-6,8,11,13H2,1-3H3,(H2,26,27,28,29). The molecule has 1 heterocycles. The number of rotatable bonds is 9. The lowest BCUT2D eigenvalue weighted by atomic mass is 9.85. The summed E-state index contributed by atoms with van der Waals surface area (Å²) in [5, 5.41) is 2.27. The first-order valence-electron chi connectivity index (χ1n) is 10.8. The van der Waals surface area contributed by atoms with Gasteiger partial charge in [-0.25, -0.2) is 0 Å². The van der Waals surface area contributed by atoms with Gasteiger partial charge in [0.25, 0.3) is 5.56 Å². The number of benzene rings is 2. The second-order valence-corrected chi connectivity index (χ2v) is 8.79. The molecule has 3 rings (SSSR count). The van der Waals surface area contributed by atoms with E-state index in [1.54, 1.807) is 6.20 Å². The van der Waals surface area contributed by atoms with Crippen LogP contribution < -0.4 is 5.56 Å². The van der Waals surface area contributed by atoms with Crippen LogP contribution >= 0.6 is 12.2 Å². The Morgan fingerprint density at radius 1 is 1.03 bits per heavy atom. The van der Waals surface area contributed by atoms with Crippen molar-refractivity contribution in [3.63, 3.8) is 0 Å². The third kappa shape index (κ3) is 5.45. The summed E-state index contributed by atoms with van der Waals surface area (Å²) in [5.74, 6) is 1.52. The third-order valence-electron chi connectivity index (χ3n) is 5.98. The second-order valence-electron chi connectivity index (χ2n) is 8.39. The lowest BCUT2D eigenvalue weighted by Crippen LogP contribution is -2.10. The van der Waals surface area contributed by atoms with Gasteiger partial charge in [0.2, 0.25) is 0 Å². The van der Waals surface area contributed by atoms with Gasteiger partial charge in [-0.1, -0.05) is 82.9 Å². The molecule has 3 nitrogen and oxygen atoms in total. The molecule has 0 radical (unpaired) electrons. The van der Waals surface area contributed by atoms with Crippen LogP contribution in [0, 0.1) is 16.6 Å². The number of unbranched alkanes of at least 4 members (excludes halogenated alkanes) is 2. The second kappa shape index (κ2) is 10.0. The van der Waals surface area contributed by atoms with Crippen molar-refractivity contribution in [2.45, 2.75) is 59.3 Å². The first-order valence-corrected chi connectivity index (χ1v) is 11.2. The fourth-order valence-electron chi connectivity index (χ4n) is 4.15. The first-order chi connectivity index (χ1) is 14.0. The van der Waals surface area contributed by atoms with Gasteiger partial charge >= 0.3 is 0 Å². The molecule has 4 heteroatoms. The van der Waals surface area contributed by atoms with E-state index in [9.17, 15) is 4.79 Å². The molecular formula is C25H32N2OS. The van der Waals surface area contributed by atoms with E-state index < -0.39 is 0 Å². The maximum atomic E-state index is 12.4. The molecule has 0 spiro atoms. The molecule has 0 bridgehead atoms. The van der Waals surface area contributed by atoms with E-state index >= 15 is 0 Å². The summed E-state index contributed by atoms with van der Waals surface area (Å²) in [6.45, 7) is 6.98. The Balaban J connectivity index is 1.82. The molecule has 2 aromatic carbocycles. The number of hydrogen-bond donors (Lipinski definition) is 2. The van der Waals surface area contributed by atoms with Crippen LogP contribution in [0.15, 0.2) is 47.4 Å². The molecule has 0 aliphatic carbocycles. The van der Waals surface area contributed by atoms with E-state index in [2.05, 4.69) is 55.0 Å². The van der Waals surface area contributed by atoms with Crippen LogP contribution in [0.5, 0.6) is 0 Å². The molecule has 0 amide bonds. The summed E-state index contributed by atoms with van der Waals surface area (Å²) in [6.07, 6.45) is 9.35. The number of aromatic amines is 2. The van der Waals surface area contributed by atoms with Crippen molar-refractivity contribution in [3.05, 3.63) is 63.3 Å². The molecule has 0 aliphatic heterocycles. The van der Waals surface area contributed by atoms with E-state index in [1.807, 2.05) is 12.1 Å². The van der Waals surface area contributed by atoms with Crippen molar-refractivity contribution in [1.82, 2.24) is 9.97 Å². The Bertz CT molecular complexity index is 1060. The summed E-state index contributed by atoms with van der Waals surface area (Å²) in [6, 6.07) is 12.8. The highest BCUT2D eigenvalue weighted by Gasteiger charge is 2.14. The topological polar surface area (TPSA) is 48.6 Å². The van der Waals surface area contributed by atoms with E-state index in [1.165, 1.54) is 43.1 Å². The molecule has 0 fully saturated rings. The van der Waals surface area contributed by atoms with Gasteiger partial charge in [-0.3, -0.25) is 9.78 Å². The minimum absolute atomic E-state index is 0.155. The van der Waals surface area contributed by atoms with Gasteiger partial charge in [-0.05, 0) is 58.8 Å². The average molecular weight is 409 g/mol. The molecule has 3 aromatic rings. The van der Waals surface area contributed by atoms with Gasteiger partial charge in [0, 0.05) is 6.20 Å². The Labute approximate surface area is 178 Å². The molecule has 1 atom stereocenters. The number of H-pyrrole nitrogens is 2. The smallest absolute Gasteiger partial charge is 0.259 e. The van der Waals surface area contributed by atoms with Crippen LogP contribution in [0.1, 0.15) is 58.4 Å². The SMILES string of the molecule is CCCCCC(CCc1ccc2c(-c3c[nH]c(=S)[nH]c3=O)cccc2c1)C(C)C. The summed E-state index contributed by atoms with van der Waals surface area (Å²) in [5.41, 5.74) is 2.77. The summed E-state index contributed by atoms with van der Waals surface area (Å²) in [7, 11) is 0. The van der Waals surface area contributed by atoms with Gasteiger partial charge in [0.15, 0.2) is 4.77 Å². The molecule has 29 heavy (non-hydrogen) atoms. The van der Waals surface area contributed by atoms with Crippen molar-refractivity contribution in [3.8, 4) is 11.1 Å². The third-order valence-corrected chi connectivity index (χ3v) is 6.20. The van der Waals surface area contributed by atoms with Crippen LogP contribution in [0.3, 0.4) is 0 Å². The van der Waals surface area contributed by atoms with Gasteiger partial charge in [-0.15, -0.1) is 0 Å². The largest absolute Gasteiger partial charge is 0.338 e. The molecule has 1 aromatic heterocycles. The Morgan fingerprint density at radius 3 is 2.59 bits per heavy atom. The number of hydrogen-bond acceptors (Lipinski definition) is 2. The molecule has 0 saturated carbocycles. The monoisotopic (exact) mass is 408 g/mol. The van der Waals surface area contributed by atoms with Gasteiger partial charge < -0.3 is 4.98 Å². The van der Waals surface area contributed by atoms with E-state index in [0.717, 1.165) is 29.2 Å². The van der Waals surface area contributed by atoms with Gasteiger partial charge in [-0.2, -0.15) is 0 Å². The molecule has 154 valence electrons. The molecule has 0 aliphatic rings. The zero-order chi connectivity index (χ0) is 20.8. The molecular weight excluding hydrogens is 376 g/mol. The lowest BCUT2D eigenvalue weighted by Gasteiger charge is -2.21. The first kappa shape index (κ1) is 21.5. The van der Waals surface area contributed by atoms with Crippen LogP contribution in [0.2, 0.25) is 0 Å². The van der Waals surface area contributed by atoms with Gasteiger partial charge in [0.05, 0.1) is 5.56 Å². The lowest BCUT2D eigenvalue weighted by molar-refractivity contribution is 0.326. The van der Waals surface area contributed by atoms with Crippen LogP contribution in [-0.2, 0) is 6.42 Å². The zero-order valence-corrected chi connectivity index (χ0v) is 18.6. The fraction of sp³-hybridized carbons (Fsp3) is 0.440. The number of nitrogens with one attached hydrogen (secondary N) is 2. The Kier molecular flexibility index (Phi) is 7.43. The normalized spacial score (nSPS) is 12.6. The number of aryl methyl sites for hydroxylation is 1. The van der Waals surface area contributed by atoms with Crippen molar-refractivity contribution >= 4 is 23.0 Å². The van der Waals surface area contributed by atoms with Crippen molar-refractivity contribution in [1.29, 1.82) is 0 Å². The molecule has 2 N–H and O–H groups in total.